The molecule has 5 heteroatoms. The van der Waals surface area contributed by atoms with Gasteiger partial charge in [0.1, 0.15) is 5.82 Å². The number of carbonyl (C=O) groups is 1. The van der Waals surface area contributed by atoms with Gasteiger partial charge in [-0.15, -0.1) is 0 Å². The van der Waals surface area contributed by atoms with Crippen LogP contribution >= 0.6 is 11.6 Å². The number of hydrogen-bond acceptors (Lipinski definition) is 2. The highest BCUT2D eigenvalue weighted by atomic mass is 35.5. The minimum absolute atomic E-state index is 0.0585. The first-order valence-corrected chi connectivity index (χ1v) is 4.02. The Hall–Kier alpha value is -1.60. The van der Waals surface area contributed by atoms with Crippen LogP contribution in [0.1, 0.15) is 11.1 Å². The van der Waals surface area contributed by atoms with Crippen molar-refractivity contribution in [1.82, 2.24) is 0 Å². The molecule has 72 valence electrons. The lowest BCUT2D eigenvalue weighted by atomic mass is 10.1. The molecule has 0 spiro atoms. The van der Waals surface area contributed by atoms with Gasteiger partial charge in [0.25, 0.3) is 0 Å². The smallest absolute Gasteiger partial charge is 0.307 e. The molecule has 0 aliphatic carbocycles. The molecule has 0 aliphatic rings. The van der Waals surface area contributed by atoms with Gasteiger partial charge in [-0.3, -0.25) is 4.79 Å². The lowest BCUT2D eigenvalue weighted by molar-refractivity contribution is -0.136. The molecule has 3 nitrogen and oxygen atoms in total. The predicted molar refractivity (Wildman–Crippen MR) is 47.5 cm³/mol. The van der Waals surface area contributed by atoms with E-state index >= 15 is 0 Å². The number of halogens is 2. The summed E-state index contributed by atoms with van der Waals surface area (Å²) in [6.07, 6.45) is -0.398. The van der Waals surface area contributed by atoms with Gasteiger partial charge in [-0.25, -0.2) is 4.39 Å². The van der Waals surface area contributed by atoms with Crippen molar-refractivity contribution < 1.29 is 14.3 Å². The van der Waals surface area contributed by atoms with E-state index in [0.717, 1.165) is 6.07 Å². The van der Waals surface area contributed by atoms with Crippen molar-refractivity contribution in [3.8, 4) is 6.07 Å². The van der Waals surface area contributed by atoms with Gasteiger partial charge < -0.3 is 5.11 Å². The van der Waals surface area contributed by atoms with E-state index < -0.39 is 18.2 Å². The quantitative estimate of drug-likeness (QED) is 0.817. The normalized spacial score (nSPS) is 9.50. The molecule has 0 heterocycles. The van der Waals surface area contributed by atoms with Crippen LogP contribution in [0.2, 0.25) is 5.02 Å². The molecular formula is C9H5ClFNO2. The maximum absolute atomic E-state index is 13.0. The Morgan fingerprint density at radius 1 is 1.64 bits per heavy atom. The van der Waals surface area contributed by atoms with Crippen molar-refractivity contribution in [3.63, 3.8) is 0 Å². The molecule has 0 aromatic heterocycles. The van der Waals surface area contributed by atoms with Crippen molar-refractivity contribution in [2.75, 3.05) is 0 Å². The Labute approximate surface area is 84.3 Å². The van der Waals surface area contributed by atoms with Crippen LogP contribution in [0.25, 0.3) is 0 Å². The lowest BCUT2D eigenvalue weighted by Crippen LogP contribution is -2.02. The second-order valence-electron chi connectivity index (χ2n) is 2.61. The maximum Gasteiger partial charge on any atom is 0.307 e. The van der Waals surface area contributed by atoms with Gasteiger partial charge >= 0.3 is 5.97 Å². The summed E-state index contributed by atoms with van der Waals surface area (Å²) in [5, 5.41) is 16.7. The van der Waals surface area contributed by atoms with Gasteiger partial charge in [-0.05, 0) is 17.7 Å². The minimum atomic E-state index is -1.12. The Morgan fingerprint density at radius 3 is 2.79 bits per heavy atom. The first kappa shape index (κ1) is 10.5. The van der Waals surface area contributed by atoms with Gasteiger partial charge in [0.05, 0.1) is 23.1 Å². The standard InChI is InChI=1S/C9H5ClFNO2/c10-9-6(3-8(13)14)1-5(4-12)2-7(9)11/h1-2H,3H2,(H,13,14). The van der Waals surface area contributed by atoms with Crippen LogP contribution in [-0.4, -0.2) is 11.1 Å². The van der Waals surface area contributed by atoms with Crippen molar-refractivity contribution in [1.29, 1.82) is 5.26 Å². The summed E-state index contributed by atoms with van der Waals surface area (Å²) < 4.78 is 13.0. The molecule has 1 rings (SSSR count). The van der Waals surface area contributed by atoms with E-state index in [1.807, 2.05) is 0 Å². The van der Waals surface area contributed by atoms with Crippen LogP contribution in [0.5, 0.6) is 0 Å². The number of rotatable bonds is 2. The van der Waals surface area contributed by atoms with Crippen LogP contribution in [0.4, 0.5) is 4.39 Å². The topological polar surface area (TPSA) is 61.1 Å². The van der Waals surface area contributed by atoms with E-state index in [-0.39, 0.29) is 16.1 Å². The molecule has 0 fully saturated rings. The fourth-order valence-corrected chi connectivity index (χ4v) is 1.18. The molecule has 0 saturated heterocycles. The van der Waals surface area contributed by atoms with Crippen molar-refractivity contribution in [2.45, 2.75) is 6.42 Å². The van der Waals surface area contributed by atoms with Gasteiger partial charge in [0.2, 0.25) is 0 Å². The first-order chi connectivity index (χ1) is 6.54. The van der Waals surface area contributed by atoms with Crippen molar-refractivity contribution >= 4 is 17.6 Å². The number of nitriles is 1. The SMILES string of the molecule is N#Cc1cc(F)c(Cl)c(CC(=O)O)c1. The predicted octanol–water partition coefficient (Wildman–Crippen LogP) is 1.98. The summed E-state index contributed by atoms with van der Waals surface area (Å²) in [4.78, 5) is 10.4. The van der Waals surface area contributed by atoms with Crippen LogP contribution in [0.15, 0.2) is 12.1 Å². The van der Waals surface area contributed by atoms with Gasteiger partial charge in [-0.1, -0.05) is 11.6 Å². The number of carboxylic acids is 1. The Balaban J connectivity index is 3.21. The molecule has 0 aliphatic heterocycles. The van der Waals surface area contributed by atoms with Crippen molar-refractivity contribution in [2.24, 2.45) is 0 Å². The zero-order valence-electron chi connectivity index (χ0n) is 6.92. The monoisotopic (exact) mass is 213 g/mol. The average molecular weight is 214 g/mol. The van der Waals surface area contributed by atoms with Crippen LogP contribution < -0.4 is 0 Å². The molecule has 0 radical (unpaired) electrons. The Bertz CT molecular complexity index is 426. The maximum atomic E-state index is 13.0. The van der Waals surface area contributed by atoms with Crippen molar-refractivity contribution in [3.05, 3.63) is 34.1 Å². The largest absolute Gasteiger partial charge is 0.481 e. The van der Waals surface area contributed by atoms with E-state index in [4.69, 9.17) is 22.0 Å². The fraction of sp³-hybridized carbons (Fsp3) is 0.111. The zero-order valence-corrected chi connectivity index (χ0v) is 7.68. The highest BCUT2D eigenvalue weighted by Crippen LogP contribution is 2.22. The Morgan fingerprint density at radius 2 is 2.29 bits per heavy atom. The van der Waals surface area contributed by atoms with Gasteiger partial charge in [0, 0.05) is 0 Å². The summed E-state index contributed by atoms with van der Waals surface area (Å²) in [6, 6.07) is 3.95. The molecule has 1 N–H and O–H groups in total. The summed E-state index contributed by atoms with van der Waals surface area (Å²) >= 11 is 5.52. The van der Waals surface area contributed by atoms with E-state index in [2.05, 4.69) is 0 Å². The number of aliphatic carboxylic acids is 1. The average Bonchev–Trinajstić information content (AvgIpc) is 2.11. The van der Waals surface area contributed by atoms with Crippen LogP contribution in [0.3, 0.4) is 0 Å². The molecule has 0 amide bonds. The summed E-state index contributed by atoms with van der Waals surface area (Å²) in [5.41, 5.74) is 0.166. The summed E-state index contributed by atoms with van der Waals surface area (Å²) in [6.45, 7) is 0. The van der Waals surface area contributed by atoms with Gasteiger partial charge in [0.15, 0.2) is 0 Å². The highest BCUT2D eigenvalue weighted by Gasteiger charge is 2.11. The van der Waals surface area contributed by atoms with E-state index in [1.54, 1.807) is 6.07 Å². The minimum Gasteiger partial charge on any atom is -0.481 e. The second-order valence-corrected chi connectivity index (χ2v) is 2.99. The van der Waals surface area contributed by atoms with Crippen LogP contribution in [-0.2, 0) is 11.2 Å². The molecule has 0 atom stereocenters. The molecule has 1 aromatic carbocycles. The number of carboxylic acid groups (broad SMARTS) is 1. The third-order valence-corrected chi connectivity index (χ3v) is 2.00. The second kappa shape index (κ2) is 4.07. The zero-order chi connectivity index (χ0) is 10.7. The highest BCUT2D eigenvalue weighted by molar-refractivity contribution is 6.31. The third-order valence-electron chi connectivity index (χ3n) is 1.57. The molecule has 0 bridgehead atoms. The molecule has 0 saturated carbocycles. The number of hydrogen-bond donors (Lipinski definition) is 1. The number of nitrogens with zero attached hydrogens (tertiary/aromatic N) is 1. The molecule has 14 heavy (non-hydrogen) atoms. The summed E-state index contributed by atoms with van der Waals surface area (Å²) in [5.74, 6) is -1.90. The molecule has 0 unspecified atom stereocenters. The Kier molecular flexibility index (Phi) is 3.05. The summed E-state index contributed by atoms with van der Waals surface area (Å²) in [7, 11) is 0. The molecule has 1 aromatic rings. The van der Waals surface area contributed by atoms with E-state index in [0.29, 0.717) is 0 Å². The van der Waals surface area contributed by atoms with Crippen LogP contribution in [0, 0.1) is 17.1 Å². The van der Waals surface area contributed by atoms with Gasteiger partial charge in [-0.2, -0.15) is 5.26 Å². The number of benzene rings is 1. The fourth-order valence-electron chi connectivity index (χ4n) is 1.00. The third kappa shape index (κ3) is 2.21. The van der Waals surface area contributed by atoms with E-state index in [1.165, 1.54) is 6.07 Å². The first-order valence-electron chi connectivity index (χ1n) is 3.64. The van der Waals surface area contributed by atoms with E-state index in [9.17, 15) is 9.18 Å². The lowest BCUT2D eigenvalue weighted by Gasteiger charge is -2.02. The molecular weight excluding hydrogens is 209 g/mol.